The molecule has 144 valence electrons. The molecule has 3 rings (SSSR count). The van der Waals surface area contributed by atoms with Crippen LogP contribution in [0.15, 0.2) is 29.4 Å². The number of non-ortho nitro benzene ring substituents is 1. The lowest BCUT2D eigenvalue weighted by Crippen LogP contribution is -2.37. The summed E-state index contributed by atoms with van der Waals surface area (Å²) in [5, 5.41) is 22.7. The van der Waals surface area contributed by atoms with Gasteiger partial charge < -0.3 is 9.64 Å². The quantitative estimate of drug-likeness (QED) is 0.332. The second-order valence-corrected chi connectivity index (χ2v) is 7.79. The lowest BCUT2D eigenvalue weighted by Gasteiger charge is -2.23. The van der Waals surface area contributed by atoms with Crippen molar-refractivity contribution in [2.24, 2.45) is 7.05 Å². The van der Waals surface area contributed by atoms with Crippen LogP contribution in [-0.4, -0.2) is 59.7 Å². The second-order valence-electron chi connectivity index (χ2n) is 6.07. The molecule has 1 aromatic heterocycles. The summed E-state index contributed by atoms with van der Waals surface area (Å²) in [6.45, 7) is 0.558. The lowest BCUT2D eigenvalue weighted by atomic mass is 10.2. The molecule has 12 heteroatoms. The molecule has 0 radical (unpaired) electrons. The number of carbonyl (C=O) groups is 1. The number of hydrogen-bond donors (Lipinski definition) is 1. The van der Waals surface area contributed by atoms with E-state index in [1.54, 1.807) is 28.8 Å². The topological polar surface area (TPSA) is 116 Å². The predicted molar refractivity (Wildman–Crippen MR) is 101 cm³/mol. The maximum Gasteiger partial charge on any atom is 0.410 e. The number of nitro benzene ring substituents is 1. The van der Waals surface area contributed by atoms with E-state index in [1.165, 1.54) is 23.9 Å². The van der Waals surface area contributed by atoms with Crippen LogP contribution >= 0.6 is 24.4 Å². The number of aromatic nitrogens is 4. The molecule has 1 fully saturated rings. The van der Waals surface area contributed by atoms with E-state index in [9.17, 15) is 14.9 Å². The summed E-state index contributed by atoms with van der Waals surface area (Å²) in [5.41, 5.74) is 0.685. The average molecular weight is 410 g/mol. The Morgan fingerprint density at radius 2 is 2.19 bits per heavy atom. The molecule has 0 N–H and O–H groups in total. The van der Waals surface area contributed by atoms with Crippen molar-refractivity contribution in [1.82, 2.24) is 25.1 Å². The molecule has 2 heterocycles. The van der Waals surface area contributed by atoms with Crippen LogP contribution in [0.1, 0.15) is 12.0 Å². The molecular formula is C15H18N6O4S2. The zero-order chi connectivity index (χ0) is 19.4. The number of aryl methyl sites for hydroxylation is 1. The van der Waals surface area contributed by atoms with E-state index in [2.05, 4.69) is 28.2 Å². The van der Waals surface area contributed by atoms with Gasteiger partial charge in [-0.15, -0.1) is 5.10 Å². The van der Waals surface area contributed by atoms with Crippen LogP contribution < -0.4 is 0 Å². The van der Waals surface area contributed by atoms with Crippen molar-refractivity contribution in [3.63, 3.8) is 0 Å². The normalized spacial score (nSPS) is 19.3. The van der Waals surface area contributed by atoms with Crippen molar-refractivity contribution >= 4 is 36.2 Å². The number of benzene rings is 1. The van der Waals surface area contributed by atoms with Crippen LogP contribution in [-0.2, 0) is 18.4 Å². The largest absolute Gasteiger partial charge is 0.445 e. The molecule has 2 atom stereocenters. The minimum Gasteiger partial charge on any atom is -0.445 e. The van der Waals surface area contributed by atoms with E-state index in [1.807, 2.05) is 0 Å². The standard InChI is InChI=1S/C15H18N6O4S2/c1-19-14(16-17-18-19)27-9-12-6-13(26)7-20(12)15(22)25-8-10-2-4-11(5-3-10)21(23)24/h2-5,12-13,26H,6-9H2,1H3/t12-,13-/m0/s1. The molecule has 1 saturated heterocycles. The summed E-state index contributed by atoms with van der Waals surface area (Å²) in [5.74, 6) is 0.637. The average Bonchev–Trinajstić information content (AvgIpc) is 3.23. The summed E-state index contributed by atoms with van der Waals surface area (Å²) in [6.07, 6.45) is 0.334. The van der Waals surface area contributed by atoms with Gasteiger partial charge in [-0.1, -0.05) is 11.8 Å². The first-order valence-corrected chi connectivity index (χ1v) is 9.64. The number of thioether (sulfide) groups is 1. The van der Waals surface area contributed by atoms with Crippen LogP contribution in [0, 0.1) is 10.1 Å². The summed E-state index contributed by atoms with van der Waals surface area (Å²) >= 11 is 5.97. The minimum absolute atomic E-state index is 0.00196. The smallest absolute Gasteiger partial charge is 0.410 e. The molecular weight excluding hydrogens is 392 g/mol. The molecule has 1 aromatic carbocycles. The zero-order valence-electron chi connectivity index (χ0n) is 14.5. The number of nitro groups is 1. The first-order valence-electron chi connectivity index (χ1n) is 8.14. The van der Waals surface area contributed by atoms with Crippen molar-refractivity contribution in [1.29, 1.82) is 0 Å². The molecule has 0 spiro atoms. The summed E-state index contributed by atoms with van der Waals surface area (Å²) < 4.78 is 6.96. The molecule has 27 heavy (non-hydrogen) atoms. The predicted octanol–water partition coefficient (Wildman–Crippen LogP) is 1.92. The van der Waals surface area contributed by atoms with Gasteiger partial charge in [0.2, 0.25) is 5.16 Å². The molecule has 1 aliphatic rings. The van der Waals surface area contributed by atoms with Crippen molar-refractivity contribution in [3.8, 4) is 0 Å². The first-order chi connectivity index (χ1) is 12.9. The Morgan fingerprint density at radius 1 is 1.44 bits per heavy atom. The van der Waals surface area contributed by atoms with E-state index in [0.717, 1.165) is 6.42 Å². The van der Waals surface area contributed by atoms with E-state index in [4.69, 9.17) is 4.74 Å². The number of nitrogens with zero attached hydrogens (tertiary/aromatic N) is 6. The number of rotatable bonds is 6. The van der Waals surface area contributed by atoms with Gasteiger partial charge in [0, 0.05) is 42.8 Å². The van der Waals surface area contributed by atoms with Crippen molar-refractivity contribution in [3.05, 3.63) is 39.9 Å². The third kappa shape index (κ3) is 4.89. The second kappa shape index (κ2) is 8.57. The van der Waals surface area contributed by atoms with Crippen molar-refractivity contribution in [2.75, 3.05) is 12.3 Å². The lowest BCUT2D eigenvalue weighted by molar-refractivity contribution is -0.384. The fraction of sp³-hybridized carbons (Fsp3) is 0.467. The van der Waals surface area contributed by atoms with Gasteiger partial charge in [-0.05, 0) is 34.5 Å². The highest BCUT2D eigenvalue weighted by Crippen LogP contribution is 2.27. The third-order valence-electron chi connectivity index (χ3n) is 4.12. The molecule has 0 bridgehead atoms. The highest BCUT2D eigenvalue weighted by atomic mass is 32.2. The van der Waals surface area contributed by atoms with Gasteiger partial charge in [-0.2, -0.15) is 12.6 Å². The van der Waals surface area contributed by atoms with Crippen molar-refractivity contribution < 1.29 is 14.5 Å². The van der Waals surface area contributed by atoms with E-state index >= 15 is 0 Å². The SMILES string of the molecule is Cn1nnnc1SC[C@@H]1C[C@H](S)CN1C(=O)OCc1ccc([N+](=O)[O-])cc1. The van der Waals surface area contributed by atoms with Gasteiger partial charge in [0.15, 0.2) is 0 Å². The van der Waals surface area contributed by atoms with Gasteiger partial charge >= 0.3 is 6.09 Å². The molecule has 1 amide bonds. The molecule has 0 aliphatic carbocycles. The highest BCUT2D eigenvalue weighted by Gasteiger charge is 2.35. The number of thiol groups is 1. The van der Waals surface area contributed by atoms with Crippen LogP contribution in [0.4, 0.5) is 10.5 Å². The Balaban J connectivity index is 1.55. The zero-order valence-corrected chi connectivity index (χ0v) is 16.2. The van der Waals surface area contributed by atoms with Crippen LogP contribution in [0.3, 0.4) is 0 Å². The van der Waals surface area contributed by atoms with Gasteiger partial charge in [0.1, 0.15) is 6.61 Å². The van der Waals surface area contributed by atoms with Crippen LogP contribution in [0.2, 0.25) is 0 Å². The number of ether oxygens (including phenoxy) is 1. The Morgan fingerprint density at radius 3 is 2.81 bits per heavy atom. The van der Waals surface area contributed by atoms with Gasteiger partial charge in [0.25, 0.3) is 5.69 Å². The number of carbonyl (C=O) groups excluding carboxylic acids is 1. The molecule has 0 unspecified atom stereocenters. The highest BCUT2D eigenvalue weighted by molar-refractivity contribution is 7.99. The fourth-order valence-corrected chi connectivity index (χ4v) is 4.12. The molecule has 1 aliphatic heterocycles. The number of likely N-dealkylation sites (tertiary alicyclic amines) is 1. The maximum absolute atomic E-state index is 12.5. The Hall–Kier alpha value is -2.34. The van der Waals surface area contributed by atoms with Crippen LogP contribution in [0.25, 0.3) is 0 Å². The fourth-order valence-electron chi connectivity index (χ4n) is 2.73. The monoisotopic (exact) mass is 410 g/mol. The van der Waals surface area contributed by atoms with E-state index < -0.39 is 11.0 Å². The summed E-state index contributed by atoms with van der Waals surface area (Å²) in [6, 6.07) is 5.89. The Bertz CT molecular complexity index is 815. The Kier molecular flexibility index (Phi) is 6.16. The van der Waals surface area contributed by atoms with Crippen molar-refractivity contribution in [2.45, 2.75) is 29.5 Å². The number of tetrazole rings is 1. The summed E-state index contributed by atoms with van der Waals surface area (Å²) in [4.78, 5) is 24.4. The third-order valence-corrected chi connectivity index (χ3v) is 5.65. The van der Waals surface area contributed by atoms with Gasteiger partial charge in [-0.3, -0.25) is 10.1 Å². The van der Waals surface area contributed by atoms with E-state index in [0.29, 0.717) is 23.0 Å². The van der Waals surface area contributed by atoms with Gasteiger partial charge in [0.05, 0.1) is 4.92 Å². The van der Waals surface area contributed by atoms with Crippen LogP contribution in [0.5, 0.6) is 0 Å². The first kappa shape index (κ1) is 19.4. The van der Waals surface area contributed by atoms with E-state index in [-0.39, 0.29) is 23.6 Å². The Labute approximate surface area is 164 Å². The molecule has 10 nitrogen and oxygen atoms in total. The molecule has 2 aromatic rings. The number of amides is 1. The summed E-state index contributed by atoms with van der Waals surface area (Å²) in [7, 11) is 1.76. The molecule has 0 saturated carbocycles. The number of hydrogen-bond acceptors (Lipinski definition) is 9. The minimum atomic E-state index is -0.470. The maximum atomic E-state index is 12.5. The van der Waals surface area contributed by atoms with Gasteiger partial charge in [-0.25, -0.2) is 9.48 Å².